The second kappa shape index (κ2) is 7.63. The van der Waals surface area contributed by atoms with Gasteiger partial charge in [0.25, 0.3) is 5.91 Å². The largest absolute Gasteiger partial charge is 0.485 e. The van der Waals surface area contributed by atoms with E-state index in [4.69, 9.17) is 37.4 Å². The average molecular weight is 382 g/mol. The van der Waals surface area contributed by atoms with Crippen LogP contribution in [0.3, 0.4) is 0 Å². The van der Waals surface area contributed by atoms with E-state index in [0.29, 0.717) is 22.2 Å². The van der Waals surface area contributed by atoms with E-state index >= 15 is 0 Å². The van der Waals surface area contributed by atoms with Gasteiger partial charge in [-0.05, 0) is 30.3 Å². The molecule has 1 atom stereocenters. The van der Waals surface area contributed by atoms with Crippen molar-refractivity contribution < 1.29 is 23.8 Å². The van der Waals surface area contributed by atoms with Crippen LogP contribution in [0.4, 0.5) is 5.69 Å². The van der Waals surface area contributed by atoms with E-state index in [1.165, 1.54) is 6.07 Å². The van der Waals surface area contributed by atoms with Gasteiger partial charge in [0.1, 0.15) is 6.61 Å². The van der Waals surface area contributed by atoms with E-state index in [9.17, 15) is 9.59 Å². The van der Waals surface area contributed by atoms with E-state index in [1.54, 1.807) is 36.4 Å². The lowest BCUT2D eigenvalue weighted by molar-refractivity contribution is -0.156. The number of hydrogen-bond donors (Lipinski definition) is 1. The van der Waals surface area contributed by atoms with E-state index < -0.39 is 24.6 Å². The van der Waals surface area contributed by atoms with Crippen molar-refractivity contribution in [3.63, 3.8) is 0 Å². The fourth-order valence-electron chi connectivity index (χ4n) is 2.14. The Hall–Kier alpha value is -2.44. The van der Waals surface area contributed by atoms with Crippen LogP contribution < -0.4 is 14.8 Å². The Balaban J connectivity index is 1.51. The maximum atomic E-state index is 12.0. The molecule has 1 aliphatic heterocycles. The number of anilines is 1. The molecule has 0 saturated heterocycles. The van der Waals surface area contributed by atoms with E-state index in [2.05, 4.69) is 5.32 Å². The number of halogens is 2. The Morgan fingerprint density at radius 1 is 1.16 bits per heavy atom. The molecular weight excluding hydrogens is 369 g/mol. The number of carbonyl (C=O) groups excluding carboxylic acids is 2. The second-order valence-electron chi connectivity index (χ2n) is 5.14. The maximum absolute atomic E-state index is 12.0. The van der Waals surface area contributed by atoms with Gasteiger partial charge in [0, 0.05) is 5.02 Å². The van der Waals surface area contributed by atoms with Crippen LogP contribution in [0.25, 0.3) is 0 Å². The number of para-hydroxylation sites is 2. The van der Waals surface area contributed by atoms with E-state index in [-0.39, 0.29) is 11.6 Å². The van der Waals surface area contributed by atoms with Crippen LogP contribution in [0.2, 0.25) is 10.0 Å². The highest BCUT2D eigenvalue weighted by Gasteiger charge is 2.29. The molecule has 2 aromatic rings. The molecule has 0 aliphatic carbocycles. The number of rotatable bonds is 4. The quantitative estimate of drug-likeness (QED) is 0.822. The number of hydrogen-bond acceptors (Lipinski definition) is 5. The summed E-state index contributed by atoms with van der Waals surface area (Å²) in [5.74, 6) is -0.212. The molecule has 25 heavy (non-hydrogen) atoms. The summed E-state index contributed by atoms with van der Waals surface area (Å²) >= 11 is 11.7. The number of amides is 1. The SMILES string of the molecule is O=C(COC(=O)[C@@H]1COc2ccccc2O1)Nc1ccc(Cl)cc1Cl. The number of fused-ring (bicyclic) bond motifs is 1. The summed E-state index contributed by atoms with van der Waals surface area (Å²) in [4.78, 5) is 23.9. The molecule has 2 aromatic carbocycles. The minimum absolute atomic E-state index is 0.0144. The smallest absolute Gasteiger partial charge is 0.351 e. The third-order valence-electron chi connectivity index (χ3n) is 3.32. The van der Waals surface area contributed by atoms with Gasteiger partial charge in [0.2, 0.25) is 6.10 Å². The number of ether oxygens (including phenoxy) is 3. The molecular formula is C17H13Cl2NO5. The first-order valence-electron chi connectivity index (χ1n) is 7.33. The van der Waals surface area contributed by atoms with Crippen LogP contribution in [0.5, 0.6) is 11.5 Å². The molecule has 0 fully saturated rings. The Morgan fingerprint density at radius 2 is 1.92 bits per heavy atom. The van der Waals surface area contributed by atoms with Crippen molar-refractivity contribution in [3.8, 4) is 11.5 Å². The van der Waals surface area contributed by atoms with Crippen molar-refractivity contribution in [2.45, 2.75) is 6.10 Å². The Labute approximate surface area is 153 Å². The van der Waals surface area contributed by atoms with Crippen molar-refractivity contribution >= 4 is 40.8 Å². The summed E-state index contributed by atoms with van der Waals surface area (Å²) < 4.78 is 15.9. The van der Waals surface area contributed by atoms with Gasteiger partial charge >= 0.3 is 5.97 Å². The van der Waals surface area contributed by atoms with Crippen LogP contribution in [0, 0.1) is 0 Å². The summed E-state index contributed by atoms with van der Waals surface area (Å²) in [6, 6.07) is 11.6. The van der Waals surface area contributed by atoms with Crippen LogP contribution >= 0.6 is 23.2 Å². The summed E-state index contributed by atoms with van der Waals surface area (Å²) in [6.07, 6.45) is -0.929. The molecule has 1 aliphatic rings. The van der Waals surface area contributed by atoms with Crippen LogP contribution in [0.1, 0.15) is 0 Å². The van der Waals surface area contributed by atoms with Crippen molar-refractivity contribution in [3.05, 3.63) is 52.5 Å². The minimum atomic E-state index is -0.929. The molecule has 1 amide bonds. The predicted octanol–water partition coefficient (Wildman–Crippen LogP) is 3.32. The first-order valence-corrected chi connectivity index (χ1v) is 8.08. The zero-order chi connectivity index (χ0) is 17.8. The van der Waals surface area contributed by atoms with E-state index in [0.717, 1.165) is 0 Å². The summed E-state index contributed by atoms with van der Waals surface area (Å²) in [6.45, 7) is -0.459. The van der Waals surface area contributed by atoms with Gasteiger partial charge in [-0.15, -0.1) is 0 Å². The minimum Gasteiger partial charge on any atom is -0.485 e. The van der Waals surface area contributed by atoms with Gasteiger partial charge in [-0.3, -0.25) is 4.79 Å². The molecule has 1 heterocycles. The average Bonchev–Trinajstić information content (AvgIpc) is 2.61. The molecule has 0 unspecified atom stereocenters. The predicted molar refractivity (Wildman–Crippen MR) is 92.4 cm³/mol. The lowest BCUT2D eigenvalue weighted by Crippen LogP contribution is -2.39. The first kappa shape index (κ1) is 17.4. The lowest BCUT2D eigenvalue weighted by Gasteiger charge is -2.24. The molecule has 130 valence electrons. The van der Waals surface area contributed by atoms with Crippen LogP contribution in [-0.2, 0) is 14.3 Å². The third kappa shape index (κ3) is 4.35. The van der Waals surface area contributed by atoms with Gasteiger partial charge < -0.3 is 19.5 Å². The molecule has 1 N–H and O–H groups in total. The van der Waals surface area contributed by atoms with Gasteiger partial charge in [0.05, 0.1) is 10.7 Å². The fourth-order valence-corrected chi connectivity index (χ4v) is 2.60. The zero-order valence-electron chi connectivity index (χ0n) is 12.8. The van der Waals surface area contributed by atoms with Gasteiger partial charge in [-0.2, -0.15) is 0 Å². The molecule has 8 heteroatoms. The lowest BCUT2D eigenvalue weighted by atomic mass is 10.2. The third-order valence-corrected chi connectivity index (χ3v) is 3.87. The Bertz CT molecular complexity index is 811. The second-order valence-corrected chi connectivity index (χ2v) is 5.99. The fraction of sp³-hybridized carbons (Fsp3) is 0.176. The maximum Gasteiger partial charge on any atom is 0.351 e. The highest BCUT2D eigenvalue weighted by atomic mass is 35.5. The van der Waals surface area contributed by atoms with Crippen LogP contribution in [-0.4, -0.2) is 31.2 Å². The monoisotopic (exact) mass is 381 g/mol. The number of benzene rings is 2. The summed E-state index contributed by atoms with van der Waals surface area (Å²) in [5.41, 5.74) is 0.373. The molecule has 3 rings (SSSR count). The van der Waals surface area contributed by atoms with E-state index in [1.807, 2.05) is 0 Å². The normalized spacial score (nSPS) is 15.4. The molecule has 0 bridgehead atoms. The number of esters is 1. The first-order chi connectivity index (χ1) is 12.0. The molecule has 0 aromatic heterocycles. The van der Waals surface area contributed by atoms with Gasteiger partial charge in [-0.1, -0.05) is 35.3 Å². The highest BCUT2D eigenvalue weighted by molar-refractivity contribution is 6.36. The number of nitrogens with one attached hydrogen (secondary N) is 1. The summed E-state index contributed by atoms with van der Waals surface area (Å²) in [7, 11) is 0. The topological polar surface area (TPSA) is 73.9 Å². The van der Waals surface area contributed by atoms with Crippen molar-refractivity contribution in [1.82, 2.24) is 0 Å². The van der Waals surface area contributed by atoms with Gasteiger partial charge in [-0.25, -0.2) is 4.79 Å². The Kier molecular flexibility index (Phi) is 5.31. The standard InChI is InChI=1S/C17H13Cl2NO5/c18-10-5-6-12(11(19)7-10)20-16(21)9-24-17(22)15-8-23-13-3-1-2-4-14(13)25-15/h1-7,15H,8-9H2,(H,20,21)/t15-/m0/s1. The number of carbonyl (C=O) groups is 2. The van der Waals surface area contributed by atoms with Crippen molar-refractivity contribution in [2.75, 3.05) is 18.5 Å². The molecule has 0 radical (unpaired) electrons. The molecule has 0 spiro atoms. The highest BCUT2D eigenvalue weighted by Crippen LogP contribution is 2.31. The van der Waals surface area contributed by atoms with Gasteiger partial charge in [0.15, 0.2) is 18.1 Å². The van der Waals surface area contributed by atoms with Crippen molar-refractivity contribution in [1.29, 1.82) is 0 Å². The molecule has 0 saturated carbocycles. The van der Waals surface area contributed by atoms with Crippen molar-refractivity contribution in [2.24, 2.45) is 0 Å². The Morgan fingerprint density at radius 3 is 2.68 bits per heavy atom. The summed E-state index contributed by atoms with van der Waals surface area (Å²) in [5, 5.41) is 3.27. The zero-order valence-corrected chi connectivity index (χ0v) is 14.3. The molecule has 6 nitrogen and oxygen atoms in total. The van der Waals surface area contributed by atoms with Crippen LogP contribution in [0.15, 0.2) is 42.5 Å².